The fourth-order valence-corrected chi connectivity index (χ4v) is 3.83. The molecule has 0 spiro atoms. The maximum atomic E-state index is 12.7. The monoisotopic (exact) mass is 421 g/mol. The number of pyridine rings is 1. The molecule has 1 fully saturated rings. The maximum absolute atomic E-state index is 12.7. The number of anilines is 1. The molecule has 4 rings (SSSR count). The highest BCUT2D eigenvalue weighted by Crippen LogP contribution is 2.31. The van der Waals surface area contributed by atoms with E-state index in [-0.39, 0.29) is 11.6 Å². The summed E-state index contributed by atoms with van der Waals surface area (Å²) < 4.78 is 10.5. The van der Waals surface area contributed by atoms with Gasteiger partial charge in [0.2, 0.25) is 0 Å². The van der Waals surface area contributed by atoms with Gasteiger partial charge < -0.3 is 19.5 Å². The van der Waals surface area contributed by atoms with Crippen molar-refractivity contribution < 1.29 is 14.1 Å². The van der Waals surface area contributed by atoms with Gasteiger partial charge in [-0.15, -0.1) is 0 Å². The highest BCUT2D eigenvalue weighted by Gasteiger charge is 2.21. The first-order valence-corrected chi connectivity index (χ1v) is 10.4. The van der Waals surface area contributed by atoms with Crippen molar-refractivity contribution in [1.29, 1.82) is 0 Å². The van der Waals surface area contributed by atoms with Crippen LogP contribution < -0.4 is 15.0 Å². The summed E-state index contributed by atoms with van der Waals surface area (Å²) in [6.45, 7) is 7.16. The number of hydrogen-bond acceptors (Lipinski definition) is 7. The van der Waals surface area contributed by atoms with E-state index in [1.165, 1.54) is 12.0 Å². The third-order valence-electron chi connectivity index (χ3n) is 5.51. The topological polar surface area (TPSA) is 83.7 Å². The van der Waals surface area contributed by atoms with Gasteiger partial charge in [-0.25, -0.2) is 0 Å². The third-order valence-corrected chi connectivity index (χ3v) is 5.51. The number of methoxy groups -OCH3 is 1. The average Bonchev–Trinajstić information content (AvgIpc) is 3.29. The van der Waals surface area contributed by atoms with E-state index in [0.29, 0.717) is 17.9 Å². The van der Waals surface area contributed by atoms with Crippen molar-refractivity contribution in [2.24, 2.45) is 0 Å². The van der Waals surface area contributed by atoms with Crippen LogP contribution in [0.5, 0.6) is 5.75 Å². The van der Waals surface area contributed by atoms with Gasteiger partial charge in [-0.2, -0.15) is 0 Å². The number of ether oxygens (including phenoxy) is 1. The molecule has 0 bridgehead atoms. The molecule has 1 amide bonds. The van der Waals surface area contributed by atoms with Crippen molar-refractivity contribution in [3.8, 4) is 16.9 Å². The van der Waals surface area contributed by atoms with Crippen LogP contribution in [0.15, 0.2) is 53.4 Å². The van der Waals surface area contributed by atoms with Crippen LogP contribution in [-0.4, -0.2) is 67.3 Å². The number of aryl methyl sites for hydroxylation is 1. The lowest BCUT2D eigenvalue weighted by Crippen LogP contribution is -2.48. The number of para-hydroxylation sites is 1. The van der Waals surface area contributed by atoms with Crippen molar-refractivity contribution >= 4 is 11.6 Å². The Balaban J connectivity index is 1.29. The molecule has 162 valence electrons. The predicted molar refractivity (Wildman–Crippen MR) is 118 cm³/mol. The van der Waals surface area contributed by atoms with E-state index < -0.39 is 0 Å². The van der Waals surface area contributed by atoms with E-state index in [1.54, 1.807) is 7.11 Å². The van der Waals surface area contributed by atoms with Gasteiger partial charge in [-0.1, -0.05) is 23.4 Å². The van der Waals surface area contributed by atoms with Gasteiger partial charge in [-0.05, 0) is 25.1 Å². The predicted octanol–water partition coefficient (Wildman–Crippen LogP) is 2.61. The van der Waals surface area contributed by atoms with Crippen LogP contribution >= 0.6 is 0 Å². The van der Waals surface area contributed by atoms with Gasteiger partial charge in [0.1, 0.15) is 12.0 Å². The van der Waals surface area contributed by atoms with E-state index in [4.69, 9.17) is 9.26 Å². The number of aromatic nitrogens is 2. The van der Waals surface area contributed by atoms with Crippen molar-refractivity contribution in [2.75, 3.05) is 51.3 Å². The zero-order valence-electron chi connectivity index (χ0n) is 17.9. The summed E-state index contributed by atoms with van der Waals surface area (Å²) in [5, 5.41) is 6.88. The summed E-state index contributed by atoms with van der Waals surface area (Å²) in [5.74, 6) is 0.419. The second-order valence-corrected chi connectivity index (χ2v) is 7.52. The van der Waals surface area contributed by atoms with Crippen molar-refractivity contribution in [2.45, 2.75) is 6.92 Å². The fourth-order valence-electron chi connectivity index (χ4n) is 3.83. The van der Waals surface area contributed by atoms with Crippen molar-refractivity contribution in [3.63, 3.8) is 0 Å². The number of benzene rings is 1. The summed E-state index contributed by atoms with van der Waals surface area (Å²) in [6.07, 6.45) is 3.34. The molecule has 31 heavy (non-hydrogen) atoms. The lowest BCUT2D eigenvalue weighted by molar-refractivity contribution is 0.0939. The number of nitrogens with zero attached hydrogens (tertiary/aromatic N) is 4. The standard InChI is InChI=1S/C23H27N5O3/c1-17-15-18(7-8-24-17)28-13-11-27(12-14-28)10-9-25-23(29)22-20(16-31-26-22)19-5-3-4-6-21(19)30-2/h3-8,15-16H,9-14H2,1-2H3,(H,25,29). The highest BCUT2D eigenvalue weighted by atomic mass is 16.5. The second-order valence-electron chi connectivity index (χ2n) is 7.52. The second kappa shape index (κ2) is 9.61. The zero-order valence-corrected chi connectivity index (χ0v) is 17.9. The molecular formula is C23H27N5O3. The Kier molecular flexibility index (Phi) is 6.47. The molecule has 3 heterocycles. The Morgan fingerprint density at radius 3 is 2.74 bits per heavy atom. The van der Waals surface area contributed by atoms with Crippen LogP contribution in [0, 0.1) is 6.92 Å². The molecular weight excluding hydrogens is 394 g/mol. The highest BCUT2D eigenvalue weighted by molar-refractivity contribution is 5.99. The number of hydrogen-bond donors (Lipinski definition) is 1. The summed E-state index contributed by atoms with van der Waals surface area (Å²) in [7, 11) is 1.60. The molecule has 0 atom stereocenters. The summed E-state index contributed by atoms with van der Waals surface area (Å²) in [5.41, 5.74) is 3.91. The largest absolute Gasteiger partial charge is 0.496 e. The Morgan fingerprint density at radius 2 is 1.97 bits per heavy atom. The number of carbonyl (C=O) groups is 1. The molecule has 0 radical (unpaired) electrons. The van der Waals surface area contributed by atoms with Gasteiger partial charge in [0, 0.05) is 62.4 Å². The number of nitrogens with one attached hydrogen (secondary N) is 1. The summed E-state index contributed by atoms with van der Waals surface area (Å²) in [6, 6.07) is 11.7. The Labute approximate surface area is 181 Å². The van der Waals surface area contributed by atoms with Gasteiger partial charge in [-0.3, -0.25) is 14.7 Å². The van der Waals surface area contributed by atoms with Gasteiger partial charge in [0.05, 0.1) is 12.7 Å². The molecule has 1 aliphatic heterocycles. The Hall–Kier alpha value is -3.39. The third kappa shape index (κ3) is 4.86. The quantitative estimate of drug-likeness (QED) is 0.628. The smallest absolute Gasteiger partial charge is 0.274 e. The van der Waals surface area contributed by atoms with Crippen LogP contribution in [-0.2, 0) is 0 Å². The summed E-state index contributed by atoms with van der Waals surface area (Å²) in [4.78, 5) is 21.7. The molecule has 3 aromatic rings. The van der Waals surface area contributed by atoms with Gasteiger partial charge >= 0.3 is 0 Å². The molecule has 2 aromatic heterocycles. The number of piperazine rings is 1. The fraction of sp³-hybridized carbons (Fsp3) is 0.348. The first kappa shape index (κ1) is 20.9. The average molecular weight is 422 g/mol. The van der Waals surface area contributed by atoms with E-state index >= 15 is 0 Å². The molecule has 8 heteroatoms. The van der Waals surface area contributed by atoms with Crippen LogP contribution in [0.4, 0.5) is 5.69 Å². The lowest BCUT2D eigenvalue weighted by Gasteiger charge is -2.36. The molecule has 1 aromatic carbocycles. The first-order chi connectivity index (χ1) is 15.2. The molecule has 1 aliphatic rings. The minimum Gasteiger partial charge on any atom is -0.496 e. The normalized spacial score (nSPS) is 14.5. The van der Waals surface area contributed by atoms with Gasteiger partial charge in [0.15, 0.2) is 5.69 Å². The molecule has 0 saturated carbocycles. The molecule has 8 nitrogen and oxygen atoms in total. The van der Waals surface area contributed by atoms with E-state index in [2.05, 4.69) is 37.4 Å². The maximum Gasteiger partial charge on any atom is 0.274 e. The van der Waals surface area contributed by atoms with Gasteiger partial charge in [0.25, 0.3) is 5.91 Å². The zero-order chi connectivity index (χ0) is 21.6. The number of rotatable bonds is 7. The van der Waals surface area contributed by atoms with Crippen LogP contribution in [0.3, 0.4) is 0 Å². The van der Waals surface area contributed by atoms with Crippen LogP contribution in [0.2, 0.25) is 0 Å². The van der Waals surface area contributed by atoms with Crippen LogP contribution in [0.1, 0.15) is 16.2 Å². The Bertz CT molecular complexity index is 1030. The molecule has 1 N–H and O–H groups in total. The minimum absolute atomic E-state index is 0.249. The van der Waals surface area contributed by atoms with E-state index in [9.17, 15) is 4.79 Å². The minimum atomic E-state index is -0.249. The van der Waals surface area contributed by atoms with Crippen LogP contribution in [0.25, 0.3) is 11.1 Å². The molecule has 0 unspecified atom stereocenters. The lowest BCUT2D eigenvalue weighted by atomic mass is 10.1. The SMILES string of the molecule is COc1ccccc1-c1conc1C(=O)NCCN1CCN(c2ccnc(C)c2)CC1. The first-order valence-electron chi connectivity index (χ1n) is 10.4. The molecule has 1 saturated heterocycles. The van der Waals surface area contributed by atoms with E-state index in [1.807, 2.05) is 37.4 Å². The number of amides is 1. The van der Waals surface area contributed by atoms with E-state index in [0.717, 1.165) is 44.0 Å². The molecule has 0 aliphatic carbocycles. The number of carbonyl (C=O) groups excluding carboxylic acids is 1. The summed E-state index contributed by atoms with van der Waals surface area (Å²) >= 11 is 0. The van der Waals surface area contributed by atoms with Crippen molar-refractivity contribution in [1.82, 2.24) is 20.4 Å². The van der Waals surface area contributed by atoms with Crippen molar-refractivity contribution in [3.05, 3.63) is 60.2 Å². The Morgan fingerprint density at radius 1 is 1.16 bits per heavy atom.